The van der Waals surface area contributed by atoms with Crippen molar-refractivity contribution >= 4 is 17.7 Å². The van der Waals surface area contributed by atoms with E-state index in [1.165, 1.54) is 6.08 Å². The van der Waals surface area contributed by atoms with Crippen LogP contribution in [0.3, 0.4) is 0 Å². The highest BCUT2D eigenvalue weighted by molar-refractivity contribution is 6.01. The maximum absolute atomic E-state index is 12.0. The van der Waals surface area contributed by atoms with Crippen molar-refractivity contribution in [1.29, 1.82) is 0 Å². The van der Waals surface area contributed by atoms with Crippen LogP contribution in [0.2, 0.25) is 0 Å². The summed E-state index contributed by atoms with van der Waals surface area (Å²) in [4.78, 5) is 16.0. The molecule has 3 aromatic rings. The van der Waals surface area contributed by atoms with E-state index >= 15 is 0 Å². The van der Waals surface area contributed by atoms with Crippen molar-refractivity contribution in [3.8, 4) is 11.5 Å². The van der Waals surface area contributed by atoms with E-state index in [9.17, 15) is 4.79 Å². The maximum atomic E-state index is 12.0. The van der Waals surface area contributed by atoms with E-state index in [2.05, 4.69) is 10.3 Å². The molecule has 0 atom stereocenters. The van der Waals surface area contributed by atoms with Crippen molar-refractivity contribution < 1.29 is 14.6 Å². The first-order valence-electron chi connectivity index (χ1n) is 8.10. The van der Waals surface area contributed by atoms with Gasteiger partial charge < -0.3 is 15.2 Å². The fraction of sp³-hybridized carbons (Fsp3) is 0.0476. The average molecular weight is 346 g/mol. The van der Waals surface area contributed by atoms with Crippen LogP contribution in [0.1, 0.15) is 11.1 Å². The first kappa shape index (κ1) is 17.4. The number of benzene rings is 2. The molecule has 0 saturated carbocycles. The van der Waals surface area contributed by atoms with Crippen molar-refractivity contribution in [3.05, 3.63) is 90.3 Å². The molecule has 130 valence electrons. The number of nitrogens with zero attached hydrogens (tertiary/aromatic N) is 1. The van der Waals surface area contributed by atoms with E-state index in [1.54, 1.807) is 54.9 Å². The molecule has 26 heavy (non-hydrogen) atoms. The molecule has 0 aliphatic rings. The third-order valence-corrected chi connectivity index (χ3v) is 3.57. The summed E-state index contributed by atoms with van der Waals surface area (Å²) in [6.45, 7) is -0.0260. The number of carbonyl (C=O) groups is 1. The summed E-state index contributed by atoms with van der Waals surface area (Å²) in [7, 11) is 0. The highest BCUT2D eigenvalue weighted by Gasteiger charge is 2.01. The van der Waals surface area contributed by atoms with Gasteiger partial charge in [0.25, 0.3) is 0 Å². The first-order valence-corrected chi connectivity index (χ1v) is 8.10. The van der Waals surface area contributed by atoms with Crippen LogP contribution in [-0.2, 0) is 11.4 Å². The second-order valence-electron chi connectivity index (χ2n) is 5.54. The number of carbonyl (C=O) groups excluding carboxylic acids is 1. The van der Waals surface area contributed by atoms with Crippen molar-refractivity contribution in [2.75, 3.05) is 5.32 Å². The van der Waals surface area contributed by atoms with Crippen molar-refractivity contribution in [1.82, 2.24) is 4.98 Å². The normalized spacial score (nSPS) is 10.7. The lowest BCUT2D eigenvalue weighted by Gasteiger charge is -2.07. The van der Waals surface area contributed by atoms with E-state index < -0.39 is 0 Å². The summed E-state index contributed by atoms with van der Waals surface area (Å²) in [5.74, 6) is 1.14. The molecule has 0 bridgehead atoms. The molecule has 1 heterocycles. The molecule has 5 nitrogen and oxygen atoms in total. The molecule has 1 aromatic heterocycles. The van der Waals surface area contributed by atoms with Crippen LogP contribution in [0.25, 0.3) is 6.08 Å². The van der Waals surface area contributed by atoms with Gasteiger partial charge in [-0.2, -0.15) is 0 Å². The second kappa shape index (κ2) is 8.60. The Morgan fingerprint density at radius 3 is 2.50 bits per heavy atom. The van der Waals surface area contributed by atoms with E-state index in [1.807, 2.05) is 24.3 Å². The summed E-state index contributed by atoms with van der Waals surface area (Å²) in [5, 5.41) is 11.9. The molecule has 5 heteroatoms. The molecular weight excluding hydrogens is 328 g/mol. The topological polar surface area (TPSA) is 71.5 Å². The molecule has 0 spiro atoms. The molecule has 0 unspecified atom stereocenters. The minimum atomic E-state index is -0.234. The summed E-state index contributed by atoms with van der Waals surface area (Å²) in [6, 6.07) is 18.0. The van der Waals surface area contributed by atoms with Gasteiger partial charge in [0.15, 0.2) is 0 Å². The molecule has 2 N–H and O–H groups in total. The van der Waals surface area contributed by atoms with Crippen LogP contribution in [0.4, 0.5) is 5.69 Å². The molecular formula is C21H18N2O3. The Kier molecular flexibility index (Phi) is 5.75. The minimum Gasteiger partial charge on any atom is -0.457 e. The molecule has 0 fully saturated rings. The lowest BCUT2D eigenvalue weighted by atomic mass is 10.1. The van der Waals surface area contributed by atoms with E-state index in [0.717, 1.165) is 11.1 Å². The SMILES string of the molecule is O=C(/C=C/c1cccc(CO)c1)Nc1ccc(Oc2ccncc2)cc1. The largest absolute Gasteiger partial charge is 0.457 e. The lowest BCUT2D eigenvalue weighted by molar-refractivity contribution is -0.111. The maximum Gasteiger partial charge on any atom is 0.248 e. The molecule has 0 radical (unpaired) electrons. The number of nitrogens with one attached hydrogen (secondary N) is 1. The van der Waals surface area contributed by atoms with Crippen LogP contribution in [0.5, 0.6) is 11.5 Å². The smallest absolute Gasteiger partial charge is 0.248 e. The average Bonchev–Trinajstić information content (AvgIpc) is 2.69. The Labute approximate surface area is 151 Å². The van der Waals surface area contributed by atoms with Crippen molar-refractivity contribution in [2.24, 2.45) is 0 Å². The van der Waals surface area contributed by atoms with Crippen molar-refractivity contribution in [2.45, 2.75) is 6.61 Å². The van der Waals surface area contributed by atoms with E-state index in [4.69, 9.17) is 9.84 Å². The van der Waals surface area contributed by atoms with Gasteiger partial charge in [0, 0.05) is 24.2 Å². The third-order valence-electron chi connectivity index (χ3n) is 3.57. The van der Waals surface area contributed by atoms with Gasteiger partial charge in [0.1, 0.15) is 11.5 Å². The second-order valence-corrected chi connectivity index (χ2v) is 5.54. The Morgan fingerprint density at radius 2 is 1.77 bits per heavy atom. The molecule has 2 aromatic carbocycles. The van der Waals surface area contributed by atoms with Gasteiger partial charge in [-0.15, -0.1) is 0 Å². The van der Waals surface area contributed by atoms with Crippen LogP contribution in [0.15, 0.2) is 79.1 Å². The Balaban J connectivity index is 1.58. The number of anilines is 1. The fourth-order valence-corrected chi connectivity index (χ4v) is 2.30. The number of ether oxygens (including phenoxy) is 1. The number of rotatable bonds is 6. The third kappa shape index (κ3) is 5.03. The zero-order valence-electron chi connectivity index (χ0n) is 14.0. The van der Waals surface area contributed by atoms with Crippen LogP contribution in [-0.4, -0.2) is 16.0 Å². The summed E-state index contributed by atoms with van der Waals surface area (Å²) < 4.78 is 5.68. The number of pyridine rings is 1. The number of aliphatic hydroxyl groups is 1. The molecule has 3 rings (SSSR count). The number of aromatic nitrogens is 1. The van der Waals surface area contributed by atoms with Gasteiger partial charge in [-0.3, -0.25) is 9.78 Å². The van der Waals surface area contributed by atoms with E-state index in [-0.39, 0.29) is 12.5 Å². The number of amides is 1. The minimum absolute atomic E-state index is 0.0260. The molecule has 0 saturated heterocycles. The van der Waals surface area contributed by atoms with Gasteiger partial charge >= 0.3 is 0 Å². The lowest BCUT2D eigenvalue weighted by Crippen LogP contribution is -2.07. The zero-order valence-corrected chi connectivity index (χ0v) is 14.0. The van der Waals surface area contributed by atoms with Gasteiger partial charge in [-0.25, -0.2) is 0 Å². The predicted molar refractivity (Wildman–Crippen MR) is 101 cm³/mol. The van der Waals surface area contributed by atoms with Crippen LogP contribution in [0, 0.1) is 0 Å². The molecule has 1 amide bonds. The zero-order chi connectivity index (χ0) is 18.2. The van der Waals surface area contributed by atoms with Crippen LogP contribution >= 0.6 is 0 Å². The fourth-order valence-electron chi connectivity index (χ4n) is 2.30. The van der Waals surface area contributed by atoms with Gasteiger partial charge in [0.05, 0.1) is 6.61 Å². The monoisotopic (exact) mass is 346 g/mol. The standard InChI is InChI=1S/C21H18N2O3/c24-15-17-3-1-2-16(14-17)4-9-21(25)23-18-5-7-19(8-6-18)26-20-10-12-22-13-11-20/h1-14,24H,15H2,(H,23,25)/b9-4+. The molecule has 0 aliphatic carbocycles. The number of aliphatic hydroxyl groups excluding tert-OH is 1. The molecule has 0 aliphatic heterocycles. The van der Waals surface area contributed by atoms with Gasteiger partial charge in [0.2, 0.25) is 5.91 Å². The van der Waals surface area contributed by atoms with Crippen LogP contribution < -0.4 is 10.1 Å². The summed E-state index contributed by atoms with van der Waals surface area (Å²) in [5.41, 5.74) is 2.33. The van der Waals surface area contributed by atoms with Crippen molar-refractivity contribution in [3.63, 3.8) is 0 Å². The number of hydrogen-bond donors (Lipinski definition) is 2. The van der Waals surface area contributed by atoms with E-state index in [0.29, 0.717) is 17.2 Å². The Hall–Kier alpha value is -3.44. The van der Waals surface area contributed by atoms with Gasteiger partial charge in [-0.1, -0.05) is 18.2 Å². The highest BCUT2D eigenvalue weighted by Crippen LogP contribution is 2.22. The predicted octanol–water partition coefficient (Wildman–Crippen LogP) is 4.02. The Morgan fingerprint density at radius 1 is 1.04 bits per heavy atom. The first-order chi connectivity index (χ1) is 12.7. The summed E-state index contributed by atoms with van der Waals surface area (Å²) >= 11 is 0. The van der Waals surface area contributed by atoms with Gasteiger partial charge in [-0.05, 0) is 59.7 Å². The number of hydrogen-bond acceptors (Lipinski definition) is 4. The summed E-state index contributed by atoms with van der Waals surface area (Å²) in [6.07, 6.45) is 6.48. The quantitative estimate of drug-likeness (QED) is 0.661. The Bertz CT molecular complexity index is 891. The highest BCUT2D eigenvalue weighted by atomic mass is 16.5.